The zero-order chi connectivity index (χ0) is 24.9. The summed E-state index contributed by atoms with van der Waals surface area (Å²) in [6.45, 7) is 8.86. The number of sulfonamides is 1. The van der Waals surface area contributed by atoms with E-state index in [1.54, 1.807) is 24.3 Å². The number of nitrogens with zero attached hydrogens (tertiary/aromatic N) is 1. The Hall–Kier alpha value is -3.32. The smallest absolute Gasteiger partial charge is 0.251 e. The van der Waals surface area contributed by atoms with Gasteiger partial charge in [0.1, 0.15) is 12.4 Å². The van der Waals surface area contributed by atoms with Crippen LogP contribution < -0.4 is 14.4 Å². The van der Waals surface area contributed by atoms with E-state index in [4.69, 9.17) is 4.74 Å². The van der Waals surface area contributed by atoms with E-state index in [0.717, 1.165) is 33.6 Å². The number of carbonyl (C=O) groups excluding carboxylic acids is 1. The highest BCUT2D eigenvalue weighted by Gasteiger charge is 2.19. The highest BCUT2D eigenvalue weighted by molar-refractivity contribution is 7.92. The first-order chi connectivity index (χ1) is 16.0. The largest absolute Gasteiger partial charge is 0.491 e. The van der Waals surface area contributed by atoms with Gasteiger partial charge in [-0.15, -0.1) is 0 Å². The molecule has 1 amide bonds. The van der Waals surface area contributed by atoms with Crippen molar-refractivity contribution in [3.63, 3.8) is 0 Å². The van der Waals surface area contributed by atoms with Gasteiger partial charge < -0.3 is 10.1 Å². The normalized spacial score (nSPS) is 11.2. The molecule has 180 valence electrons. The second-order valence-corrected chi connectivity index (χ2v) is 10.5. The first-order valence-electron chi connectivity index (χ1n) is 11.2. The maximum Gasteiger partial charge on any atom is 0.251 e. The highest BCUT2D eigenvalue weighted by atomic mass is 32.2. The third kappa shape index (κ3) is 6.60. The topological polar surface area (TPSA) is 75.7 Å². The van der Waals surface area contributed by atoms with Gasteiger partial charge in [0.15, 0.2) is 0 Å². The Morgan fingerprint density at radius 1 is 0.941 bits per heavy atom. The molecule has 0 aliphatic heterocycles. The Balaban J connectivity index is 1.60. The second-order valence-electron chi connectivity index (χ2n) is 8.61. The molecule has 0 unspecified atom stereocenters. The molecule has 0 spiro atoms. The number of hydrogen-bond acceptors (Lipinski definition) is 4. The van der Waals surface area contributed by atoms with Crippen molar-refractivity contribution in [1.82, 2.24) is 5.32 Å². The van der Waals surface area contributed by atoms with Gasteiger partial charge in [-0.2, -0.15) is 0 Å². The molecule has 0 radical (unpaired) electrons. The molecule has 0 saturated carbocycles. The van der Waals surface area contributed by atoms with Gasteiger partial charge in [-0.25, -0.2) is 8.42 Å². The maximum atomic E-state index is 12.5. The molecule has 34 heavy (non-hydrogen) atoms. The molecule has 3 rings (SSSR count). The average Bonchev–Trinajstić information content (AvgIpc) is 2.76. The van der Waals surface area contributed by atoms with Crippen LogP contribution in [0.25, 0.3) is 0 Å². The standard InChI is InChI=1S/C27H32N2O4S/c1-19-15-20(2)17-25(16-19)29(34(5,31)32)18-23-9-11-24(12-10-23)27(30)28-13-14-33-26-8-6-7-21(3)22(26)4/h6-12,15-17H,13-14,18H2,1-5H3,(H,28,30). The summed E-state index contributed by atoms with van der Waals surface area (Å²) < 4.78 is 32.1. The average molecular weight is 481 g/mol. The van der Waals surface area contributed by atoms with Crippen LogP contribution in [0.1, 0.15) is 38.2 Å². The van der Waals surface area contributed by atoms with E-state index in [0.29, 0.717) is 24.4 Å². The van der Waals surface area contributed by atoms with E-state index < -0.39 is 10.0 Å². The SMILES string of the molecule is Cc1cc(C)cc(N(Cc2ccc(C(=O)NCCOc3cccc(C)c3C)cc2)S(C)(=O)=O)c1. The molecule has 0 bridgehead atoms. The van der Waals surface area contributed by atoms with Gasteiger partial charge in [-0.1, -0.05) is 30.3 Å². The monoisotopic (exact) mass is 480 g/mol. The zero-order valence-corrected chi connectivity index (χ0v) is 21.2. The third-order valence-electron chi connectivity index (χ3n) is 5.64. The van der Waals surface area contributed by atoms with E-state index in [1.165, 1.54) is 10.6 Å². The Kier molecular flexibility index (Phi) is 7.99. The molecule has 3 aromatic rings. The van der Waals surface area contributed by atoms with E-state index in [9.17, 15) is 13.2 Å². The third-order valence-corrected chi connectivity index (χ3v) is 6.78. The van der Waals surface area contributed by atoms with Crippen molar-refractivity contribution in [3.05, 3.63) is 94.0 Å². The summed E-state index contributed by atoms with van der Waals surface area (Å²) in [5.74, 6) is 0.614. The van der Waals surface area contributed by atoms with Crippen molar-refractivity contribution in [1.29, 1.82) is 0 Å². The Bertz CT molecular complexity index is 1250. The molecule has 0 heterocycles. The first kappa shape index (κ1) is 25.3. The number of ether oxygens (including phenoxy) is 1. The van der Waals surface area contributed by atoms with Crippen LogP contribution in [0.3, 0.4) is 0 Å². The molecule has 0 saturated heterocycles. The van der Waals surface area contributed by atoms with Crippen molar-refractivity contribution in [3.8, 4) is 5.75 Å². The van der Waals surface area contributed by atoms with Gasteiger partial charge in [0.25, 0.3) is 5.91 Å². The summed E-state index contributed by atoms with van der Waals surface area (Å²) in [5.41, 5.74) is 6.18. The number of anilines is 1. The summed E-state index contributed by atoms with van der Waals surface area (Å²) in [6, 6.07) is 18.6. The second kappa shape index (κ2) is 10.7. The van der Waals surface area contributed by atoms with Crippen molar-refractivity contribution < 1.29 is 17.9 Å². The number of aryl methyl sites for hydroxylation is 3. The fraction of sp³-hybridized carbons (Fsp3) is 0.296. The molecule has 0 fully saturated rings. The maximum absolute atomic E-state index is 12.5. The zero-order valence-electron chi connectivity index (χ0n) is 20.4. The summed E-state index contributed by atoms with van der Waals surface area (Å²) in [5, 5.41) is 2.86. The predicted octanol–water partition coefficient (Wildman–Crippen LogP) is 4.70. The van der Waals surface area contributed by atoms with Crippen LogP contribution in [0, 0.1) is 27.7 Å². The van der Waals surface area contributed by atoms with Crippen LogP contribution >= 0.6 is 0 Å². The Morgan fingerprint density at radius 2 is 1.59 bits per heavy atom. The fourth-order valence-corrected chi connectivity index (χ4v) is 4.60. The van der Waals surface area contributed by atoms with Crippen molar-refractivity contribution >= 4 is 21.6 Å². The Morgan fingerprint density at radius 3 is 2.21 bits per heavy atom. The lowest BCUT2D eigenvalue weighted by Gasteiger charge is -2.23. The van der Waals surface area contributed by atoms with E-state index in [2.05, 4.69) is 5.32 Å². The predicted molar refractivity (Wildman–Crippen MR) is 137 cm³/mol. The summed E-state index contributed by atoms with van der Waals surface area (Å²) >= 11 is 0. The van der Waals surface area contributed by atoms with Crippen LogP contribution in [0.15, 0.2) is 60.7 Å². The first-order valence-corrected chi connectivity index (χ1v) is 13.0. The molecule has 3 aromatic carbocycles. The number of carbonyl (C=O) groups is 1. The fourth-order valence-electron chi connectivity index (χ4n) is 3.73. The van der Waals surface area contributed by atoms with Gasteiger partial charge in [0.05, 0.1) is 25.0 Å². The number of hydrogen-bond donors (Lipinski definition) is 1. The van der Waals surface area contributed by atoms with E-state index in [-0.39, 0.29) is 12.5 Å². The number of benzene rings is 3. The quantitative estimate of drug-likeness (QED) is 0.451. The molecule has 6 nitrogen and oxygen atoms in total. The molecular weight excluding hydrogens is 448 g/mol. The van der Waals surface area contributed by atoms with Crippen molar-refractivity contribution in [2.75, 3.05) is 23.7 Å². The number of amides is 1. The lowest BCUT2D eigenvalue weighted by Crippen LogP contribution is -2.30. The molecule has 1 N–H and O–H groups in total. The van der Waals surface area contributed by atoms with E-state index in [1.807, 2.05) is 64.1 Å². The Labute approximate surface area is 202 Å². The van der Waals surface area contributed by atoms with Gasteiger partial charge in [0.2, 0.25) is 10.0 Å². The van der Waals surface area contributed by atoms with Gasteiger partial charge in [0, 0.05) is 5.56 Å². The van der Waals surface area contributed by atoms with Crippen molar-refractivity contribution in [2.24, 2.45) is 0 Å². The van der Waals surface area contributed by atoms with Crippen LogP contribution in [-0.4, -0.2) is 33.7 Å². The number of rotatable bonds is 9. The van der Waals surface area contributed by atoms with Crippen molar-refractivity contribution in [2.45, 2.75) is 34.2 Å². The van der Waals surface area contributed by atoms with E-state index >= 15 is 0 Å². The minimum atomic E-state index is -3.48. The lowest BCUT2D eigenvalue weighted by molar-refractivity contribution is 0.0947. The summed E-state index contributed by atoms with van der Waals surface area (Å²) in [4.78, 5) is 12.5. The van der Waals surface area contributed by atoms with Crippen LogP contribution in [-0.2, 0) is 16.6 Å². The lowest BCUT2D eigenvalue weighted by atomic mass is 10.1. The minimum absolute atomic E-state index is 0.188. The molecule has 0 aromatic heterocycles. The molecule has 0 aliphatic rings. The van der Waals surface area contributed by atoms with Gasteiger partial charge in [-0.05, 0) is 85.8 Å². The van der Waals surface area contributed by atoms with Crippen LogP contribution in [0.5, 0.6) is 5.75 Å². The highest BCUT2D eigenvalue weighted by Crippen LogP contribution is 2.24. The molecule has 0 atom stereocenters. The number of nitrogens with one attached hydrogen (secondary N) is 1. The van der Waals surface area contributed by atoms with Crippen LogP contribution in [0.4, 0.5) is 5.69 Å². The minimum Gasteiger partial charge on any atom is -0.491 e. The van der Waals surface area contributed by atoms with Crippen LogP contribution in [0.2, 0.25) is 0 Å². The molecular formula is C27H32N2O4S. The van der Waals surface area contributed by atoms with Gasteiger partial charge >= 0.3 is 0 Å². The molecule has 0 aliphatic carbocycles. The molecule has 7 heteroatoms. The summed E-state index contributed by atoms with van der Waals surface area (Å²) in [7, 11) is -3.48. The van der Waals surface area contributed by atoms with Gasteiger partial charge in [-0.3, -0.25) is 9.10 Å². The summed E-state index contributed by atoms with van der Waals surface area (Å²) in [6.07, 6.45) is 1.20.